The van der Waals surface area contributed by atoms with Crippen molar-refractivity contribution in [3.8, 4) is 0 Å². The summed E-state index contributed by atoms with van der Waals surface area (Å²) in [5, 5.41) is 11.5. The zero-order valence-electron chi connectivity index (χ0n) is 12.0. The summed E-state index contributed by atoms with van der Waals surface area (Å²) in [6.45, 7) is 4.30. The Morgan fingerprint density at radius 1 is 1.05 bits per heavy atom. The summed E-state index contributed by atoms with van der Waals surface area (Å²) in [7, 11) is 0. The van der Waals surface area contributed by atoms with Crippen molar-refractivity contribution >= 4 is 23.2 Å². The summed E-state index contributed by atoms with van der Waals surface area (Å²) in [4.78, 5) is 2.19. The van der Waals surface area contributed by atoms with Crippen LogP contribution in [0.25, 0.3) is 0 Å². The first-order valence-corrected chi connectivity index (χ1v) is 7.74. The second kappa shape index (κ2) is 7.81. The number of likely N-dealkylation sites (N-methyl/N-ethyl adjacent to an activating group) is 1. The first-order valence-electron chi connectivity index (χ1n) is 6.99. The summed E-state index contributed by atoms with van der Waals surface area (Å²) in [6, 6.07) is 15.4. The average molecular weight is 324 g/mol. The lowest BCUT2D eigenvalue weighted by molar-refractivity contribution is 0.112. The molecular formula is C17H19Cl2NO. The second-order valence-corrected chi connectivity index (χ2v) is 5.90. The molecular weight excluding hydrogens is 305 g/mol. The van der Waals surface area contributed by atoms with Crippen LogP contribution in [0.4, 0.5) is 0 Å². The molecule has 0 heterocycles. The van der Waals surface area contributed by atoms with E-state index in [0.29, 0.717) is 16.6 Å². The molecule has 0 aliphatic carbocycles. The molecule has 1 unspecified atom stereocenters. The topological polar surface area (TPSA) is 23.5 Å². The maximum Gasteiger partial charge on any atom is 0.0918 e. The van der Waals surface area contributed by atoms with Gasteiger partial charge in [0.2, 0.25) is 0 Å². The van der Waals surface area contributed by atoms with Crippen LogP contribution in [-0.4, -0.2) is 23.1 Å². The molecule has 1 atom stereocenters. The van der Waals surface area contributed by atoms with E-state index in [0.717, 1.165) is 18.7 Å². The molecule has 0 saturated heterocycles. The second-order valence-electron chi connectivity index (χ2n) is 5.03. The van der Waals surface area contributed by atoms with Crippen LogP contribution in [0, 0.1) is 0 Å². The summed E-state index contributed by atoms with van der Waals surface area (Å²) in [5.74, 6) is 0. The minimum atomic E-state index is -0.607. The van der Waals surface area contributed by atoms with Crippen LogP contribution in [0.1, 0.15) is 24.2 Å². The molecule has 21 heavy (non-hydrogen) atoms. The minimum Gasteiger partial charge on any atom is -0.387 e. The largest absolute Gasteiger partial charge is 0.387 e. The van der Waals surface area contributed by atoms with Gasteiger partial charge in [-0.2, -0.15) is 0 Å². The van der Waals surface area contributed by atoms with Crippen LogP contribution >= 0.6 is 23.2 Å². The Balaban J connectivity index is 2.03. The molecule has 0 fully saturated rings. The van der Waals surface area contributed by atoms with Crippen LogP contribution in [0.2, 0.25) is 10.0 Å². The van der Waals surface area contributed by atoms with E-state index in [1.54, 1.807) is 18.2 Å². The summed E-state index contributed by atoms with van der Waals surface area (Å²) < 4.78 is 0. The van der Waals surface area contributed by atoms with Gasteiger partial charge in [0.05, 0.1) is 6.10 Å². The van der Waals surface area contributed by atoms with Crippen molar-refractivity contribution in [3.05, 3.63) is 69.7 Å². The maximum atomic E-state index is 10.4. The minimum absolute atomic E-state index is 0.544. The number of hydrogen-bond donors (Lipinski definition) is 1. The van der Waals surface area contributed by atoms with Crippen molar-refractivity contribution in [1.29, 1.82) is 0 Å². The smallest absolute Gasteiger partial charge is 0.0918 e. The predicted molar refractivity (Wildman–Crippen MR) is 88.8 cm³/mol. The molecule has 0 spiro atoms. The molecule has 4 heteroatoms. The quantitative estimate of drug-likeness (QED) is 0.843. The molecule has 0 aliphatic rings. The summed E-state index contributed by atoms with van der Waals surface area (Å²) in [6.07, 6.45) is -0.607. The molecule has 0 saturated carbocycles. The zero-order valence-corrected chi connectivity index (χ0v) is 13.5. The molecule has 0 aromatic heterocycles. The Bertz CT molecular complexity index is 554. The number of aliphatic hydroxyl groups excluding tert-OH is 1. The van der Waals surface area contributed by atoms with Gasteiger partial charge in [-0.25, -0.2) is 0 Å². The van der Waals surface area contributed by atoms with Crippen LogP contribution < -0.4 is 0 Å². The average Bonchev–Trinajstić information content (AvgIpc) is 2.46. The summed E-state index contributed by atoms with van der Waals surface area (Å²) in [5.41, 5.74) is 1.98. The van der Waals surface area contributed by atoms with Gasteiger partial charge >= 0.3 is 0 Å². The molecule has 0 radical (unpaired) electrons. The number of halogens is 2. The predicted octanol–water partition coefficient (Wildman–Crippen LogP) is 4.55. The fourth-order valence-electron chi connectivity index (χ4n) is 2.26. The normalized spacial score (nSPS) is 12.6. The fraction of sp³-hybridized carbons (Fsp3) is 0.294. The third kappa shape index (κ3) is 5.01. The first kappa shape index (κ1) is 16.3. The highest BCUT2D eigenvalue weighted by Gasteiger charge is 2.14. The van der Waals surface area contributed by atoms with Gasteiger partial charge < -0.3 is 5.11 Å². The van der Waals surface area contributed by atoms with Crippen LogP contribution in [0.3, 0.4) is 0 Å². The van der Waals surface area contributed by atoms with Crippen LogP contribution in [0.5, 0.6) is 0 Å². The number of rotatable bonds is 6. The van der Waals surface area contributed by atoms with Crippen molar-refractivity contribution in [2.45, 2.75) is 19.6 Å². The van der Waals surface area contributed by atoms with Crippen molar-refractivity contribution in [2.24, 2.45) is 0 Å². The van der Waals surface area contributed by atoms with E-state index < -0.39 is 6.10 Å². The van der Waals surface area contributed by atoms with Crippen molar-refractivity contribution in [1.82, 2.24) is 4.90 Å². The molecule has 2 nitrogen and oxygen atoms in total. The van der Waals surface area contributed by atoms with Crippen molar-refractivity contribution < 1.29 is 5.11 Å². The molecule has 2 aromatic carbocycles. The summed E-state index contributed by atoms with van der Waals surface area (Å²) >= 11 is 12.0. The molecule has 0 amide bonds. The highest BCUT2D eigenvalue weighted by Crippen LogP contribution is 2.24. The molecule has 1 N–H and O–H groups in total. The Morgan fingerprint density at radius 2 is 1.67 bits per heavy atom. The van der Waals surface area contributed by atoms with Crippen molar-refractivity contribution in [2.75, 3.05) is 13.1 Å². The van der Waals surface area contributed by atoms with Gasteiger partial charge in [-0.3, -0.25) is 4.90 Å². The van der Waals surface area contributed by atoms with Crippen LogP contribution in [0.15, 0.2) is 48.5 Å². The van der Waals surface area contributed by atoms with E-state index in [-0.39, 0.29) is 0 Å². The van der Waals surface area contributed by atoms with Gasteiger partial charge in [-0.1, -0.05) is 60.5 Å². The third-order valence-electron chi connectivity index (χ3n) is 3.40. The Kier molecular flexibility index (Phi) is 6.07. The Hall–Kier alpha value is -1.06. The lowest BCUT2D eigenvalue weighted by Crippen LogP contribution is -2.28. The molecule has 0 aliphatic heterocycles. The zero-order chi connectivity index (χ0) is 15.2. The van der Waals surface area contributed by atoms with Gasteiger partial charge in [-0.05, 0) is 35.9 Å². The third-order valence-corrected chi connectivity index (χ3v) is 3.83. The number of nitrogens with zero attached hydrogens (tertiary/aromatic N) is 1. The molecule has 0 bridgehead atoms. The van der Waals surface area contributed by atoms with Gasteiger partial charge in [0, 0.05) is 23.1 Å². The monoisotopic (exact) mass is 323 g/mol. The highest BCUT2D eigenvalue weighted by molar-refractivity contribution is 6.34. The standard InChI is InChI=1S/C17H19Cl2NO/c1-2-20(11-13-6-4-3-5-7-13)12-17(21)14-8-15(18)10-16(19)9-14/h3-10,17,21H,2,11-12H2,1H3. The van der Waals surface area contributed by atoms with Gasteiger partial charge in [0.1, 0.15) is 0 Å². The van der Waals surface area contributed by atoms with Gasteiger partial charge in [0.15, 0.2) is 0 Å². The highest BCUT2D eigenvalue weighted by atomic mass is 35.5. The SMILES string of the molecule is CCN(Cc1ccccc1)CC(O)c1cc(Cl)cc(Cl)c1. The molecule has 112 valence electrons. The lowest BCUT2D eigenvalue weighted by Gasteiger charge is -2.24. The van der Waals surface area contributed by atoms with Crippen LogP contribution in [-0.2, 0) is 6.54 Å². The number of hydrogen-bond acceptors (Lipinski definition) is 2. The van der Waals surface area contributed by atoms with E-state index in [1.807, 2.05) is 18.2 Å². The maximum absolute atomic E-state index is 10.4. The number of benzene rings is 2. The number of aliphatic hydroxyl groups is 1. The van der Waals surface area contributed by atoms with Gasteiger partial charge in [-0.15, -0.1) is 0 Å². The fourth-order valence-corrected chi connectivity index (χ4v) is 2.81. The van der Waals surface area contributed by atoms with Crippen molar-refractivity contribution in [3.63, 3.8) is 0 Å². The van der Waals surface area contributed by atoms with E-state index >= 15 is 0 Å². The van der Waals surface area contributed by atoms with Gasteiger partial charge in [0.25, 0.3) is 0 Å². The Labute approximate surface area is 135 Å². The van der Waals surface area contributed by atoms with E-state index in [9.17, 15) is 5.11 Å². The lowest BCUT2D eigenvalue weighted by atomic mass is 10.1. The molecule has 2 rings (SSSR count). The first-order chi connectivity index (χ1) is 10.1. The Morgan fingerprint density at radius 3 is 2.24 bits per heavy atom. The van der Waals surface area contributed by atoms with E-state index in [1.165, 1.54) is 5.56 Å². The van der Waals surface area contributed by atoms with E-state index in [2.05, 4.69) is 24.0 Å². The molecule has 2 aromatic rings. The van der Waals surface area contributed by atoms with E-state index in [4.69, 9.17) is 23.2 Å².